The third kappa shape index (κ3) is 3.73. The van der Waals surface area contributed by atoms with Crippen LogP contribution in [0.3, 0.4) is 0 Å². The molecule has 0 bridgehead atoms. The van der Waals surface area contributed by atoms with Gasteiger partial charge in [-0.3, -0.25) is 0 Å². The van der Waals surface area contributed by atoms with Crippen LogP contribution >= 0.6 is 0 Å². The molecular weight excluding hydrogens is 212 g/mol. The first kappa shape index (κ1) is 11.9. The average molecular weight is 230 g/mol. The molecule has 17 heavy (non-hydrogen) atoms. The number of H-pyrrole nitrogens is 1. The van der Waals surface area contributed by atoms with Gasteiger partial charge in [0.1, 0.15) is 0 Å². The highest BCUT2D eigenvalue weighted by Gasteiger charge is 2.07. The number of rotatable bonds is 6. The Hall–Kier alpha value is -1.58. The van der Waals surface area contributed by atoms with Crippen LogP contribution in [0, 0.1) is 0 Å². The first-order valence-electron chi connectivity index (χ1n) is 5.88. The Kier molecular flexibility index (Phi) is 4.36. The summed E-state index contributed by atoms with van der Waals surface area (Å²) in [5.41, 5.74) is 2.45. The minimum absolute atomic E-state index is 0.104. The molecular formula is C14H18N2O. The van der Waals surface area contributed by atoms with Crippen LogP contribution in [0.15, 0.2) is 48.8 Å². The number of nitrogens with one attached hydrogen (secondary N) is 2. The predicted molar refractivity (Wildman–Crippen MR) is 68.7 cm³/mol. The summed E-state index contributed by atoms with van der Waals surface area (Å²) in [4.78, 5) is 3.02. The lowest BCUT2D eigenvalue weighted by Gasteiger charge is -2.15. The van der Waals surface area contributed by atoms with Gasteiger partial charge in [-0.25, -0.2) is 0 Å². The Morgan fingerprint density at radius 3 is 2.59 bits per heavy atom. The van der Waals surface area contributed by atoms with Crippen LogP contribution in [-0.2, 0) is 13.0 Å². The molecule has 1 heterocycles. The maximum atomic E-state index is 9.35. The fourth-order valence-corrected chi connectivity index (χ4v) is 1.83. The molecule has 0 spiro atoms. The van der Waals surface area contributed by atoms with Crippen molar-refractivity contribution in [3.05, 3.63) is 59.9 Å². The number of aliphatic hydroxyl groups excluding tert-OH is 1. The zero-order valence-electron chi connectivity index (χ0n) is 9.76. The van der Waals surface area contributed by atoms with Crippen molar-refractivity contribution in [1.29, 1.82) is 0 Å². The maximum absolute atomic E-state index is 9.35. The molecule has 2 aromatic rings. The molecule has 0 aliphatic rings. The van der Waals surface area contributed by atoms with Gasteiger partial charge in [-0.05, 0) is 23.6 Å². The van der Waals surface area contributed by atoms with E-state index in [1.165, 1.54) is 11.1 Å². The van der Waals surface area contributed by atoms with Gasteiger partial charge in [0.2, 0.25) is 0 Å². The molecule has 0 unspecified atom stereocenters. The van der Waals surface area contributed by atoms with Crippen LogP contribution < -0.4 is 5.32 Å². The largest absolute Gasteiger partial charge is 0.395 e. The van der Waals surface area contributed by atoms with E-state index < -0.39 is 0 Å². The quantitative estimate of drug-likeness (QED) is 0.707. The summed E-state index contributed by atoms with van der Waals surface area (Å²) in [6.45, 7) is 0.931. The van der Waals surface area contributed by atoms with Crippen LogP contribution in [0.1, 0.15) is 11.1 Å². The number of aromatic nitrogens is 1. The summed E-state index contributed by atoms with van der Waals surface area (Å²) in [5, 5.41) is 12.7. The summed E-state index contributed by atoms with van der Waals surface area (Å²) in [5.74, 6) is 0. The first-order chi connectivity index (χ1) is 8.38. The third-order valence-electron chi connectivity index (χ3n) is 2.80. The Labute approximate surface area is 102 Å². The summed E-state index contributed by atoms with van der Waals surface area (Å²) >= 11 is 0. The third-order valence-corrected chi connectivity index (χ3v) is 2.80. The second kappa shape index (κ2) is 6.23. The molecule has 0 aliphatic carbocycles. The maximum Gasteiger partial charge on any atom is 0.0587 e. The van der Waals surface area contributed by atoms with E-state index in [9.17, 15) is 5.11 Å². The van der Waals surface area contributed by atoms with E-state index in [1.54, 1.807) is 0 Å². The fourth-order valence-electron chi connectivity index (χ4n) is 1.83. The normalized spacial score (nSPS) is 12.5. The average Bonchev–Trinajstić information content (AvgIpc) is 2.89. The fraction of sp³-hybridized carbons (Fsp3) is 0.286. The molecule has 3 heteroatoms. The molecule has 0 saturated carbocycles. The highest BCUT2D eigenvalue weighted by molar-refractivity contribution is 5.16. The molecule has 1 aromatic heterocycles. The summed E-state index contributed by atoms with van der Waals surface area (Å²) < 4.78 is 0. The Bertz CT molecular complexity index is 411. The van der Waals surface area contributed by atoms with Crippen molar-refractivity contribution in [3.8, 4) is 0 Å². The van der Waals surface area contributed by atoms with E-state index in [2.05, 4.69) is 22.4 Å². The predicted octanol–water partition coefficient (Wildman–Crippen LogP) is 1.71. The molecule has 2 rings (SSSR count). The lowest BCUT2D eigenvalue weighted by atomic mass is 10.1. The van der Waals surface area contributed by atoms with E-state index >= 15 is 0 Å². The number of hydrogen-bond donors (Lipinski definition) is 3. The molecule has 0 saturated heterocycles. The monoisotopic (exact) mass is 230 g/mol. The van der Waals surface area contributed by atoms with E-state index in [0.29, 0.717) is 0 Å². The van der Waals surface area contributed by atoms with Crippen molar-refractivity contribution in [2.45, 2.75) is 19.0 Å². The Morgan fingerprint density at radius 2 is 1.94 bits per heavy atom. The van der Waals surface area contributed by atoms with E-state index in [-0.39, 0.29) is 12.6 Å². The minimum atomic E-state index is 0.104. The molecule has 1 atom stereocenters. The standard InChI is InChI=1S/C14H18N2O/c17-11-14(8-12-4-2-1-3-5-12)16-10-13-6-7-15-9-13/h1-7,9,14-17H,8,10-11H2/t14-/m0/s1. The van der Waals surface area contributed by atoms with Gasteiger partial charge in [-0.15, -0.1) is 0 Å². The van der Waals surface area contributed by atoms with Gasteiger partial charge in [-0.1, -0.05) is 30.3 Å². The zero-order valence-corrected chi connectivity index (χ0v) is 9.76. The van der Waals surface area contributed by atoms with Crippen molar-refractivity contribution in [1.82, 2.24) is 10.3 Å². The van der Waals surface area contributed by atoms with Gasteiger partial charge in [0.05, 0.1) is 6.61 Å². The summed E-state index contributed by atoms with van der Waals surface area (Å²) in [6.07, 6.45) is 4.72. The summed E-state index contributed by atoms with van der Waals surface area (Å²) in [6, 6.07) is 12.4. The van der Waals surface area contributed by atoms with Crippen LogP contribution in [-0.4, -0.2) is 22.7 Å². The van der Waals surface area contributed by atoms with Gasteiger partial charge < -0.3 is 15.4 Å². The van der Waals surface area contributed by atoms with Crippen molar-refractivity contribution in [2.24, 2.45) is 0 Å². The van der Waals surface area contributed by atoms with Crippen molar-refractivity contribution in [3.63, 3.8) is 0 Å². The van der Waals surface area contributed by atoms with E-state index in [4.69, 9.17) is 0 Å². The molecule has 0 fully saturated rings. The molecule has 1 aromatic carbocycles. The van der Waals surface area contributed by atoms with E-state index in [0.717, 1.165) is 13.0 Å². The number of benzene rings is 1. The molecule has 0 aliphatic heterocycles. The van der Waals surface area contributed by atoms with E-state index in [1.807, 2.05) is 36.7 Å². The minimum Gasteiger partial charge on any atom is -0.395 e. The second-order valence-electron chi connectivity index (χ2n) is 4.17. The zero-order chi connectivity index (χ0) is 11.9. The lowest BCUT2D eigenvalue weighted by Crippen LogP contribution is -2.33. The highest BCUT2D eigenvalue weighted by Crippen LogP contribution is 2.04. The highest BCUT2D eigenvalue weighted by atomic mass is 16.3. The van der Waals surface area contributed by atoms with Crippen LogP contribution in [0.5, 0.6) is 0 Å². The van der Waals surface area contributed by atoms with Gasteiger partial charge >= 0.3 is 0 Å². The Morgan fingerprint density at radius 1 is 1.12 bits per heavy atom. The first-order valence-corrected chi connectivity index (χ1v) is 5.88. The van der Waals surface area contributed by atoms with Crippen LogP contribution in [0.25, 0.3) is 0 Å². The number of hydrogen-bond acceptors (Lipinski definition) is 2. The van der Waals surface area contributed by atoms with Gasteiger partial charge in [-0.2, -0.15) is 0 Å². The van der Waals surface area contributed by atoms with Crippen LogP contribution in [0.2, 0.25) is 0 Å². The van der Waals surface area contributed by atoms with Gasteiger partial charge in [0.25, 0.3) is 0 Å². The molecule has 3 N–H and O–H groups in total. The van der Waals surface area contributed by atoms with Gasteiger partial charge in [0, 0.05) is 25.0 Å². The number of aromatic amines is 1. The van der Waals surface area contributed by atoms with Crippen molar-refractivity contribution < 1.29 is 5.11 Å². The summed E-state index contributed by atoms with van der Waals surface area (Å²) in [7, 11) is 0. The Balaban J connectivity index is 1.85. The van der Waals surface area contributed by atoms with Crippen LogP contribution in [0.4, 0.5) is 0 Å². The second-order valence-corrected chi connectivity index (χ2v) is 4.17. The topological polar surface area (TPSA) is 48.0 Å². The number of aliphatic hydroxyl groups is 1. The molecule has 0 amide bonds. The molecule has 90 valence electrons. The SMILES string of the molecule is OC[C@H](Cc1ccccc1)NCc1cc[nH]c1. The molecule has 0 radical (unpaired) electrons. The van der Waals surface area contributed by atoms with Crippen molar-refractivity contribution >= 4 is 0 Å². The smallest absolute Gasteiger partial charge is 0.0587 e. The lowest BCUT2D eigenvalue weighted by molar-refractivity contribution is 0.241. The van der Waals surface area contributed by atoms with Crippen molar-refractivity contribution in [2.75, 3.05) is 6.61 Å². The van der Waals surface area contributed by atoms with Gasteiger partial charge in [0.15, 0.2) is 0 Å². The molecule has 3 nitrogen and oxygen atoms in total.